The average molecular weight is 171 g/mol. The van der Waals surface area contributed by atoms with Crippen molar-refractivity contribution >= 4 is 0 Å². The van der Waals surface area contributed by atoms with Crippen LogP contribution in [0.4, 0.5) is 0 Å². The largest absolute Gasteiger partial charge is 0.197 e. The van der Waals surface area contributed by atoms with Crippen molar-refractivity contribution < 1.29 is 0 Å². The maximum absolute atomic E-state index is 9.11. The zero-order chi connectivity index (χ0) is 9.47. The lowest BCUT2D eigenvalue weighted by Crippen LogP contribution is -2.07. The van der Waals surface area contributed by atoms with Gasteiger partial charge in [0, 0.05) is 0 Å². The normalized spacial score (nSPS) is 17.9. The van der Waals surface area contributed by atoms with Crippen LogP contribution < -0.4 is 0 Å². The summed E-state index contributed by atoms with van der Waals surface area (Å²) in [6, 6.07) is 8.70. The van der Waals surface area contributed by atoms with E-state index in [9.17, 15) is 0 Å². The van der Waals surface area contributed by atoms with Crippen LogP contribution in [0.15, 0.2) is 18.2 Å². The molecule has 0 N–H and O–H groups in total. The summed E-state index contributed by atoms with van der Waals surface area (Å²) in [5.74, 6) is 0. The van der Waals surface area contributed by atoms with E-state index in [1.807, 2.05) is 0 Å². The number of rotatable bonds is 1. The van der Waals surface area contributed by atoms with Crippen LogP contribution in [-0.2, 0) is 5.41 Å². The summed E-state index contributed by atoms with van der Waals surface area (Å²) in [5.41, 5.74) is 3.67. The molecule has 0 bridgehead atoms. The summed E-state index contributed by atoms with van der Waals surface area (Å²) in [6.45, 7) is 4.19. The Morgan fingerprint density at radius 2 is 1.77 bits per heavy atom. The van der Waals surface area contributed by atoms with Crippen LogP contribution in [0.2, 0.25) is 0 Å². The highest BCUT2D eigenvalue weighted by atomic mass is 14.5. The van der Waals surface area contributed by atoms with Crippen LogP contribution in [0, 0.1) is 25.2 Å². The summed E-state index contributed by atoms with van der Waals surface area (Å²) in [6.07, 6.45) is 2.07. The molecule has 0 saturated heterocycles. The summed E-state index contributed by atoms with van der Waals surface area (Å²) >= 11 is 0. The van der Waals surface area contributed by atoms with Gasteiger partial charge in [0.05, 0.1) is 11.5 Å². The second-order valence-electron chi connectivity index (χ2n) is 3.96. The molecule has 1 fully saturated rings. The standard InChI is InChI=1S/C12H13N/c1-9-4-3-5-10(2)11(9)12(8-13)6-7-12/h3-5H,6-7H2,1-2H3. The SMILES string of the molecule is Cc1cccc(C)c1C1(C#N)CC1. The Morgan fingerprint density at radius 3 is 2.15 bits per heavy atom. The number of benzene rings is 1. The number of hydrogen-bond donors (Lipinski definition) is 0. The zero-order valence-corrected chi connectivity index (χ0v) is 8.09. The Balaban J connectivity index is 2.58. The Morgan fingerprint density at radius 1 is 1.23 bits per heavy atom. The van der Waals surface area contributed by atoms with Crippen LogP contribution >= 0.6 is 0 Å². The smallest absolute Gasteiger partial charge is 0.0828 e. The first-order chi connectivity index (χ1) is 6.19. The topological polar surface area (TPSA) is 23.8 Å². The first-order valence-electron chi connectivity index (χ1n) is 4.67. The molecule has 1 heteroatoms. The third-order valence-electron chi connectivity index (χ3n) is 2.92. The van der Waals surface area contributed by atoms with Gasteiger partial charge in [0.2, 0.25) is 0 Å². The van der Waals surface area contributed by atoms with Crippen molar-refractivity contribution in [1.29, 1.82) is 5.26 Å². The van der Waals surface area contributed by atoms with Gasteiger partial charge >= 0.3 is 0 Å². The molecule has 2 rings (SSSR count). The molecule has 0 heterocycles. The fraction of sp³-hybridized carbons (Fsp3) is 0.417. The highest BCUT2D eigenvalue weighted by molar-refractivity contribution is 5.48. The fourth-order valence-electron chi connectivity index (χ4n) is 2.11. The van der Waals surface area contributed by atoms with Gasteiger partial charge in [0.25, 0.3) is 0 Å². The molecule has 0 amide bonds. The second-order valence-corrected chi connectivity index (χ2v) is 3.96. The van der Waals surface area contributed by atoms with Crippen molar-refractivity contribution in [3.63, 3.8) is 0 Å². The highest BCUT2D eigenvalue weighted by Gasteiger charge is 2.46. The Hall–Kier alpha value is -1.29. The van der Waals surface area contributed by atoms with Gasteiger partial charge in [-0.1, -0.05) is 18.2 Å². The Labute approximate surface area is 79.0 Å². The van der Waals surface area contributed by atoms with E-state index in [2.05, 4.69) is 38.1 Å². The number of aryl methyl sites for hydroxylation is 2. The van der Waals surface area contributed by atoms with Crippen LogP contribution in [0.25, 0.3) is 0 Å². The first kappa shape index (κ1) is 8.31. The lowest BCUT2D eigenvalue weighted by molar-refractivity contribution is 0.882. The van der Waals surface area contributed by atoms with Crippen LogP contribution in [0.3, 0.4) is 0 Å². The van der Waals surface area contributed by atoms with Gasteiger partial charge in [-0.25, -0.2) is 0 Å². The lowest BCUT2D eigenvalue weighted by Gasteiger charge is -2.13. The number of nitrogens with zero attached hydrogens (tertiary/aromatic N) is 1. The van der Waals surface area contributed by atoms with Crippen molar-refractivity contribution in [3.8, 4) is 6.07 Å². The second kappa shape index (κ2) is 2.60. The van der Waals surface area contributed by atoms with E-state index in [-0.39, 0.29) is 5.41 Å². The Bertz CT molecular complexity index is 360. The van der Waals surface area contributed by atoms with Crippen molar-refractivity contribution in [1.82, 2.24) is 0 Å². The number of nitriles is 1. The quantitative estimate of drug-likeness (QED) is 0.637. The molecule has 66 valence electrons. The van der Waals surface area contributed by atoms with Crippen molar-refractivity contribution in [2.75, 3.05) is 0 Å². The molecule has 0 aliphatic heterocycles. The minimum atomic E-state index is -0.130. The maximum Gasteiger partial charge on any atom is 0.0828 e. The molecular weight excluding hydrogens is 158 g/mol. The molecule has 0 radical (unpaired) electrons. The predicted octanol–water partition coefficient (Wildman–Crippen LogP) is 2.86. The van der Waals surface area contributed by atoms with Gasteiger partial charge < -0.3 is 0 Å². The zero-order valence-electron chi connectivity index (χ0n) is 8.09. The molecule has 0 spiro atoms. The molecule has 0 aromatic heterocycles. The Kier molecular flexibility index (Phi) is 1.66. The molecule has 1 aromatic rings. The van der Waals surface area contributed by atoms with Crippen LogP contribution in [-0.4, -0.2) is 0 Å². The summed E-state index contributed by atoms with van der Waals surface area (Å²) in [4.78, 5) is 0. The minimum Gasteiger partial charge on any atom is -0.197 e. The molecule has 1 aliphatic carbocycles. The van der Waals surface area contributed by atoms with E-state index < -0.39 is 0 Å². The molecule has 1 aliphatic rings. The molecule has 0 unspecified atom stereocenters. The van der Waals surface area contributed by atoms with Crippen LogP contribution in [0.5, 0.6) is 0 Å². The van der Waals surface area contributed by atoms with Gasteiger partial charge in [0.1, 0.15) is 0 Å². The maximum atomic E-state index is 9.11. The molecule has 1 aromatic carbocycles. The molecule has 0 atom stereocenters. The molecule has 1 saturated carbocycles. The highest BCUT2D eigenvalue weighted by Crippen LogP contribution is 2.49. The predicted molar refractivity (Wildman–Crippen MR) is 52.4 cm³/mol. The van der Waals surface area contributed by atoms with E-state index in [4.69, 9.17) is 5.26 Å². The van der Waals surface area contributed by atoms with Gasteiger partial charge in [0.15, 0.2) is 0 Å². The monoisotopic (exact) mass is 171 g/mol. The third kappa shape index (κ3) is 1.14. The molecular formula is C12H13N. The first-order valence-corrected chi connectivity index (χ1v) is 4.67. The van der Waals surface area contributed by atoms with Gasteiger partial charge in [-0.05, 0) is 43.4 Å². The summed E-state index contributed by atoms with van der Waals surface area (Å²) < 4.78 is 0. The molecule has 1 nitrogen and oxygen atoms in total. The summed E-state index contributed by atoms with van der Waals surface area (Å²) in [7, 11) is 0. The average Bonchev–Trinajstić information content (AvgIpc) is 2.85. The third-order valence-corrected chi connectivity index (χ3v) is 2.92. The number of hydrogen-bond acceptors (Lipinski definition) is 1. The van der Waals surface area contributed by atoms with Gasteiger partial charge in [-0.3, -0.25) is 0 Å². The van der Waals surface area contributed by atoms with E-state index >= 15 is 0 Å². The van der Waals surface area contributed by atoms with Crippen molar-refractivity contribution in [3.05, 3.63) is 34.9 Å². The van der Waals surface area contributed by atoms with Crippen molar-refractivity contribution in [2.45, 2.75) is 32.1 Å². The van der Waals surface area contributed by atoms with Crippen molar-refractivity contribution in [2.24, 2.45) is 0 Å². The summed E-state index contributed by atoms with van der Waals surface area (Å²) in [5, 5.41) is 9.11. The van der Waals surface area contributed by atoms with E-state index in [0.29, 0.717) is 0 Å². The minimum absolute atomic E-state index is 0.130. The van der Waals surface area contributed by atoms with E-state index in [1.165, 1.54) is 16.7 Å². The lowest BCUT2D eigenvalue weighted by atomic mass is 9.89. The fourth-order valence-corrected chi connectivity index (χ4v) is 2.11. The van der Waals surface area contributed by atoms with Gasteiger partial charge in [-0.15, -0.1) is 0 Å². The van der Waals surface area contributed by atoms with E-state index in [1.54, 1.807) is 0 Å². The van der Waals surface area contributed by atoms with Gasteiger partial charge in [-0.2, -0.15) is 5.26 Å². The van der Waals surface area contributed by atoms with Crippen LogP contribution in [0.1, 0.15) is 29.5 Å². The molecule has 13 heavy (non-hydrogen) atoms. The van der Waals surface area contributed by atoms with E-state index in [0.717, 1.165) is 12.8 Å².